The van der Waals surface area contributed by atoms with E-state index >= 15 is 0 Å². The number of alkyl halides is 3. The predicted octanol–water partition coefficient (Wildman–Crippen LogP) is 3.96. The SMILES string of the molecule is CNC(CCOCC(F)(F)F)c1c(F)ccc(Br)c1F. The van der Waals surface area contributed by atoms with Crippen LogP contribution in [0.3, 0.4) is 0 Å². The van der Waals surface area contributed by atoms with E-state index in [-0.39, 0.29) is 23.1 Å². The minimum absolute atomic E-state index is 0.0108. The summed E-state index contributed by atoms with van der Waals surface area (Å²) in [6.07, 6.45) is -4.40. The number of nitrogens with one attached hydrogen (secondary N) is 1. The molecule has 0 amide bonds. The molecule has 0 aliphatic carbocycles. The van der Waals surface area contributed by atoms with Crippen LogP contribution in [0, 0.1) is 11.6 Å². The first kappa shape index (κ1) is 17.3. The molecule has 1 aromatic rings. The van der Waals surface area contributed by atoms with Gasteiger partial charge in [-0.25, -0.2) is 8.78 Å². The number of hydrogen-bond donors (Lipinski definition) is 1. The third-order valence-corrected chi connectivity index (χ3v) is 3.21. The Morgan fingerprint density at radius 2 is 1.95 bits per heavy atom. The summed E-state index contributed by atoms with van der Waals surface area (Å²) >= 11 is 2.94. The van der Waals surface area contributed by atoms with Crippen molar-refractivity contribution in [2.45, 2.75) is 18.6 Å². The van der Waals surface area contributed by atoms with Crippen LogP contribution in [0.5, 0.6) is 0 Å². The molecule has 1 aromatic carbocycles. The lowest BCUT2D eigenvalue weighted by molar-refractivity contribution is -0.174. The van der Waals surface area contributed by atoms with Gasteiger partial charge in [0, 0.05) is 18.2 Å². The highest BCUT2D eigenvalue weighted by Crippen LogP contribution is 2.28. The monoisotopic (exact) mass is 361 g/mol. The highest BCUT2D eigenvalue weighted by atomic mass is 79.9. The van der Waals surface area contributed by atoms with Crippen molar-refractivity contribution in [2.75, 3.05) is 20.3 Å². The Kier molecular flexibility index (Phi) is 6.35. The van der Waals surface area contributed by atoms with Gasteiger partial charge >= 0.3 is 6.18 Å². The average molecular weight is 362 g/mol. The molecule has 0 saturated heterocycles. The average Bonchev–Trinajstić information content (AvgIpc) is 2.35. The summed E-state index contributed by atoms with van der Waals surface area (Å²) in [5, 5.41) is 2.66. The number of benzene rings is 1. The summed E-state index contributed by atoms with van der Waals surface area (Å²) in [4.78, 5) is 0. The molecule has 0 aromatic heterocycles. The van der Waals surface area contributed by atoms with Crippen molar-refractivity contribution < 1.29 is 26.7 Å². The molecule has 114 valence electrons. The first-order valence-corrected chi connectivity index (χ1v) is 6.50. The number of ether oxygens (including phenoxy) is 1. The second-order valence-electron chi connectivity index (χ2n) is 4.05. The fraction of sp³-hybridized carbons (Fsp3) is 0.500. The van der Waals surface area contributed by atoms with Crippen molar-refractivity contribution in [2.24, 2.45) is 0 Å². The first-order chi connectivity index (χ1) is 9.26. The molecule has 1 N–H and O–H groups in total. The molecule has 20 heavy (non-hydrogen) atoms. The Bertz CT molecular complexity index is 452. The van der Waals surface area contributed by atoms with Crippen LogP contribution >= 0.6 is 15.9 Å². The topological polar surface area (TPSA) is 21.3 Å². The van der Waals surface area contributed by atoms with Gasteiger partial charge in [0.2, 0.25) is 0 Å². The minimum Gasteiger partial charge on any atom is -0.372 e. The molecule has 8 heteroatoms. The molecule has 1 atom stereocenters. The van der Waals surface area contributed by atoms with E-state index in [1.165, 1.54) is 13.1 Å². The quantitative estimate of drug-likeness (QED) is 0.470. The summed E-state index contributed by atoms with van der Waals surface area (Å²) in [5.41, 5.74) is -0.225. The second-order valence-corrected chi connectivity index (χ2v) is 4.91. The fourth-order valence-electron chi connectivity index (χ4n) is 1.68. The van der Waals surface area contributed by atoms with E-state index in [1.807, 2.05) is 0 Å². The van der Waals surface area contributed by atoms with E-state index in [0.717, 1.165) is 6.07 Å². The van der Waals surface area contributed by atoms with Crippen LogP contribution in [0.1, 0.15) is 18.0 Å². The van der Waals surface area contributed by atoms with E-state index < -0.39 is 30.5 Å². The zero-order chi connectivity index (χ0) is 15.3. The van der Waals surface area contributed by atoms with Crippen LogP contribution in [-0.4, -0.2) is 26.4 Å². The summed E-state index contributed by atoms with van der Waals surface area (Å²) in [5.74, 6) is -1.54. The lowest BCUT2D eigenvalue weighted by Gasteiger charge is -2.19. The van der Waals surface area contributed by atoms with E-state index in [9.17, 15) is 22.0 Å². The Hall–Kier alpha value is -0.730. The van der Waals surface area contributed by atoms with Gasteiger partial charge < -0.3 is 10.1 Å². The van der Waals surface area contributed by atoms with Crippen LogP contribution < -0.4 is 5.32 Å². The number of halogens is 6. The van der Waals surface area contributed by atoms with Gasteiger partial charge in [-0.3, -0.25) is 0 Å². The van der Waals surface area contributed by atoms with Crippen LogP contribution in [0.4, 0.5) is 22.0 Å². The third kappa shape index (κ3) is 4.99. The summed E-state index contributed by atoms with van der Waals surface area (Å²) in [6, 6.07) is 1.53. The summed E-state index contributed by atoms with van der Waals surface area (Å²) in [6.45, 7) is -1.65. The molecule has 1 unspecified atom stereocenters. The van der Waals surface area contributed by atoms with Gasteiger partial charge in [0.1, 0.15) is 18.2 Å². The molecule has 0 fully saturated rings. The highest BCUT2D eigenvalue weighted by molar-refractivity contribution is 9.10. The van der Waals surface area contributed by atoms with Gasteiger partial charge in [0.25, 0.3) is 0 Å². The Morgan fingerprint density at radius 1 is 1.30 bits per heavy atom. The molecular weight excluding hydrogens is 349 g/mol. The highest BCUT2D eigenvalue weighted by Gasteiger charge is 2.28. The lowest BCUT2D eigenvalue weighted by Crippen LogP contribution is -2.23. The van der Waals surface area contributed by atoms with Gasteiger partial charge in [0.05, 0.1) is 4.47 Å². The molecular formula is C12H13BrF5NO. The number of hydrogen-bond acceptors (Lipinski definition) is 2. The largest absolute Gasteiger partial charge is 0.411 e. The third-order valence-electron chi connectivity index (χ3n) is 2.59. The standard InChI is InChI=1S/C12H13BrF5NO/c1-19-9(4-5-20-6-12(16,17)18)10-8(14)3-2-7(13)11(10)15/h2-3,9,19H,4-6H2,1H3. The van der Waals surface area contributed by atoms with E-state index in [1.54, 1.807) is 0 Å². The maximum absolute atomic E-state index is 13.9. The first-order valence-electron chi connectivity index (χ1n) is 5.71. The zero-order valence-corrected chi connectivity index (χ0v) is 12.1. The molecule has 2 nitrogen and oxygen atoms in total. The Balaban J connectivity index is 2.70. The molecule has 0 radical (unpaired) electrons. The van der Waals surface area contributed by atoms with E-state index in [2.05, 4.69) is 26.0 Å². The molecule has 0 bridgehead atoms. The maximum atomic E-state index is 13.9. The van der Waals surface area contributed by atoms with Crippen LogP contribution in [0.2, 0.25) is 0 Å². The van der Waals surface area contributed by atoms with E-state index in [4.69, 9.17) is 0 Å². The van der Waals surface area contributed by atoms with Crippen LogP contribution in [0.15, 0.2) is 16.6 Å². The van der Waals surface area contributed by atoms with Gasteiger partial charge in [0.15, 0.2) is 0 Å². The number of rotatable bonds is 6. The second kappa shape index (κ2) is 7.33. The smallest absolute Gasteiger partial charge is 0.372 e. The van der Waals surface area contributed by atoms with Gasteiger partial charge in [-0.05, 0) is 41.5 Å². The van der Waals surface area contributed by atoms with Gasteiger partial charge in [-0.1, -0.05) is 0 Å². The normalized spacial score (nSPS) is 13.6. The van der Waals surface area contributed by atoms with Crippen molar-refractivity contribution in [3.8, 4) is 0 Å². The molecule has 0 heterocycles. The predicted molar refractivity (Wildman–Crippen MR) is 67.3 cm³/mol. The van der Waals surface area contributed by atoms with Crippen molar-refractivity contribution in [3.63, 3.8) is 0 Å². The fourth-order valence-corrected chi connectivity index (χ4v) is 2.03. The van der Waals surface area contributed by atoms with Crippen LogP contribution in [0.25, 0.3) is 0 Å². The summed E-state index contributed by atoms with van der Waals surface area (Å²) in [7, 11) is 1.47. The van der Waals surface area contributed by atoms with Gasteiger partial charge in [-0.15, -0.1) is 0 Å². The van der Waals surface area contributed by atoms with Gasteiger partial charge in [-0.2, -0.15) is 13.2 Å². The van der Waals surface area contributed by atoms with Crippen molar-refractivity contribution in [3.05, 3.63) is 33.8 Å². The molecule has 0 aliphatic heterocycles. The molecule has 1 rings (SSSR count). The minimum atomic E-state index is -4.42. The van der Waals surface area contributed by atoms with Crippen molar-refractivity contribution in [1.82, 2.24) is 5.32 Å². The Morgan fingerprint density at radius 3 is 2.50 bits per heavy atom. The van der Waals surface area contributed by atoms with Crippen molar-refractivity contribution >= 4 is 15.9 Å². The molecule has 0 spiro atoms. The van der Waals surface area contributed by atoms with Crippen molar-refractivity contribution in [1.29, 1.82) is 0 Å². The molecule has 0 aliphatic rings. The summed E-state index contributed by atoms with van der Waals surface area (Å²) < 4.78 is 67.7. The maximum Gasteiger partial charge on any atom is 0.411 e. The van der Waals surface area contributed by atoms with Crippen LogP contribution in [-0.2, 0) is 4.74 Å². The molecule has 0 saturated carbocycles. The lowest BCUT2D eigenvalue weighted by atomic mass is 10.0. The van der Waals surface area contributed by atoms with E-state index in [0.29, 0.717) is 0 Å². The zero-order valence-electron chi connectivity index (χ0n) is 10.5. The Labute approximate surface area is 121 Å².